The van der Waals surface area contributed by atoms with E-state index in [1.807, 2.05) is 0 Å². The van der Waals surface area contributed by atoms with Crippen molar-refractivity contribution in [2.45, 2.75) is 25.7 Å². The van der Waals surface area contributed by atoms with Crippen molar-refractivity contribution >= 4 is 29.0 Å². The molecule has 0 aliphatic heterocycles. The van der Waals surface area contributed by atoms with E-state index in [0.717, 1.165) is 24.7 Å². The Labute approximate surface area is 104 Å². The molecule has 3 atom stereocenters. The highest BCUT2D eigenvalue weighted by Gasteiger charge is 2.49. The topological polar surface area (TPSA) is 38.3 Å². The van der Waals surface area contributed by atoms with Crippen LogP contribution < -0.4 is 3.53 Å². The van der Waals surface area contributed by atoms with Gasteiger partial charge in [0.15, 0.2) is 0 Å². The molecule has 1 saturated carbocycles. The molecule has 1 amide bonds. The number of hydrogen-bond donors (Lipinski definition) is 1. The molecule has 1 N–H and O–H groups in total. The van der Waals surface area contributed by atoms with Gasteiger partial charge in [-0.2, -0.15) is 0 Å². The van der Waals surface area contributed by atoms with E-state index in [1.54, 1.807) is 22.9 Å². The summed E-state index contributed by atoms with van der Waals surface area (Å²) in [5.74, 6) is 8.43. The zero-order valence-corrected chi connectivity index (χ0v) is 10.6. The third-order valence-electron chi connectivity index (χ3n) is 3.32. The van der Waals surface area contributed by atoms with Gasteiger partial charge in [0.1, 0.15) is 0 Å². The first-order valence-electron chi connectivity index (χ1n) is 5.32. The third-order valence-corrected chi connectivity index (χ3v) is 3.76. The van der Waals surface area contributed by atoms with Crippen molar-refractivity contribution < 1.29 is 9.53 Å². The van der Waals surface area contributed by atoms with Crippen molar-refractivity contribution in [1.29, 1.82) is 0 Å². The van der Waals surface area contributed by atoms with Crippen LogP contribution in [0, 0.1) is 29.6 Å². The van der Waals surface area contributed by atoms with E-state index < -0.39 is 0 Å². The zero-order chi connectivity index (χ0) is 10.7. The largest absolute Gasteiger partial charge is 0.449 e. The summed E-state index contributed by atoms with van der Waals surface area (Å²) >= 11 is 1.79. The smallest absolute Gasteiger partial charge is 0.415 e. The molecule has 1 unspecified atom stereocenters. The maximum absolute atomic E-state index is 10.9. The summed E-state index contributed by atoms with van der Waals surface area (Å²) in [7, 11) is 0. The van der Waals surface area contributed by atoms with Gasteiger partial charge >= 0.3 is 6.09 Å². The van der Waals surface area contributed by atoms with Gasteiger partial charge in [0.25, 0.3) is 0 Å². The average molecular weight is 319 g/mol. The predicted molar refractivity (Wildman–Crippen MR) is 65.2 cm³/mol. The summed E-state index contributed by atoms with van der Waals surface area (Å²) in [6, 6.07) is 0. The van der Waals surface area contributed by atoms with Crippen LogP contribution in [0.15, 0.2) is 0 Å². The quantitative estimate of drug-likeness (QED) is 0.482. The Morgan fingerprint density at radius 1 is 1.33 bits per heavy atom. The fourth-order valence-electron chi connectivity index (χ4n) is 2.48. The lowest BCUT2D eigenvalue weighted by Crippen LogP contribution is -2.15. The van der Waals surface area contributed by atoms with Crippen molar-refractivity contribution in [2.75, 3.05) is 6.61 Å². The maximum atomic E-state index is 10.9. The molecule has 15 heavy (non-hydrogen) atoms. The van der Waals surface area contributed by atoms with Gasteiger partial charge in [-0.3, -0.25) is 3.53 Å². The number of halogens is 1. The molecule has 82 valence electrons. The number of fused-ring (bicyclic) bond motifs is 1. The Balaban J connectivity index is 1.75. The van der Waals surface area contributed by atoms with Crippen LogP contribution in [0.3, 0.4) is 0 Å². The van der Waals surface area contributed by atoms with Crippen LogP contribution in [0.2, 0.25) is 0 Å². The second-order valence-corrected chi connectivity index (χ2v) is 4.65. The molecular formula is C11H14INO2. The second-order valence-electron chi connectivity index (χ2n) is 4.12. The standard InChI is InChI=1S/C11H14INO2/c12-13-11(14)15-7-10-8-5-3-1-2-4-6-9(8)10/h8-10H,3-7H2,(H,13,14)/t8-,9+,10?. The SMILES string of the molecule is O=C(NI)OCC1[C@H]2CCC#CCC[C@@H]12. The Morgan fingerprint density at radius 3 is 2.47 bits per heavy atom. The lowest BCUT2D eigenvalue weighted by Gasteiger charge is -2.01. The number of amides is 1. The van der Waals surface area contributed by atoms with E-state index in [0.29, 0.717) is 12.5 Å². The minimum absolute atomic E-state index is 0.328. The molecule has 0 saturated heterocycles. The first-order valence-corrected chi connectivity index (χ1v) is 6.40. The number of nitrogens with one attached hydrogen (secondary N) is 1. The van der Waals surface area contributed by atoms with Crippen LogP contribution in [-0.4, -0.2) is 12.7 Å². The van der Waals surface area contributed by atoms with Crippen LogP contribution in [0.4, 0.5) is 4.79 Å². The first-order chi connectivity index (χ1) is 7.33. The van der Waals surface area contributed by atoms with Gasteiger partial charge in [0, 0.05) is 12.8 Å². The van der Waals surface area contributed by atoms with Crippen LogP contribution >= 0.6 is 22.9 Å². The molecule has 0 heterocycles. The number of rotatable bonds is 2. The number of ether oxygens (including phenoxy) is 1. The summed E-state index contributed by atoms with van der Waals surface area (Å²) < 4.78 is 7.53. The van der Waals surface area contributed by atoms with Crippen molar-refractivity contribution in [1.82, 2.24) is 3.53 Å². The van der Waals surface area contributed by atoms with Gasteiger partial charge in [0.05, 0.1) is 29.5 Å². The molecule has 0 radical (unpaired) electrons. The molecule has 1 fully saturated rings. The third kappa shape index (κ3) is 2.77. The average Bonchev–Trinajstić information content (AvgIpc) is 2.85. The van der Waals surface area contributed by atoms with E-state index in [4.69, 9.17) is 4.74 Å². The van der Waals surface area contributed by atoms with Gasteiger partial charge in [-0.25, -0.2) is 4.79 Å². The normalized spacial score (nSPS) is 32.5. The Hall–Kier alpha value is -0.440. The minimum Gasteiger partial charge on any atom is -0.449 e. The first kappa shape index (κ1) is 11.1. The van der Waals surface area contributed by atoms with E-state index in [-0.39, 0.29) is 6.09 Å². The Bertz CT molecular complexity index is 289. The van der Waals surface area contributed by atoms with Gasteiger partial charge in [-0.05, 0) is 30.6 Å². The summed E-state index contributed by atoms with van der Waals surface area (Å²) in [5, 5.41) is 0. The fraction of sp³-hybridized carbons (Fsp3) is 0.727. The second kappa shape index (κ2) is 5.06. The number of carbonyl (C=O) groups is 1. The van der Waals surface area contributed by atoms with Gasteiger partial charge in [0.2, 0.25) is 0 Å². The maximum Gasteiger partial charge on any atom is 0.415 e. The van der Waals surface area contributed by atoms with Crippen molar-refractivity contribution in [2.24, 2.45) is 17.8 Å². The molecule has 2 rings (SSSR count). The van der Waals surface area contributed by atoms with Crippen molar-refractivity contribution in [3.05, 3.63) is 0 Å². The zero-order valence-electron chi connectivity index (χ0n) is 8.46. The molecule has 0 bridgehead atoms. The highest BCUT2D eigenvalue weighted by molar-refractivity contribution is 14.1. The highest BCUT2D eigenvalue weighted by atomic mass is 127. The predicted octanol–water partition coefficient (Wildman–Crippen LogP) is 2.50. The molecule has 2 aliphatic rings. The lowest BCUT2D eigenvalue weighted by atomic mass is 10.1. The molecule has 4 heteroatoms. The van der Waals surface area contributed by atoms with Crippen LogP contribution in [0.5, 0.6) is 0 Å². The van der Waals surface area contributed by atoms with E-state index in [2.05, 4.69) is 15.4 Å². The van der Waals surface area contributed by atoms with Crippen molar-refractivity contribution in [3.8, 4) is 11.8 Å². The summed E-state index contributed by atoms with van der Waals surface area (Å²) in [4.78, 5) is 10.9. The fourth-order valence-corrected chi connectivity index (χ4v) is 2.64. The summed E-state index contributed by atoms with van der Waals surface area (Å²) in [5.41, 5.74) is 0. The minimum atomic E-state index is -0.328. The number of hydrogen-bond acceptors (Lipinski definition) is 2. The van der Waals surface area contributed by atoms with Crippen LogP contribution in [-0.2, 0) is 4.74 Å². The summed E-state index contributed by atoms with van der Waals surface area (Å²) in [6.45, 7) is 0.574. The van der Waals surface area contributed by atoms with E-state index >= 15 is 0 Å². The number of carbonyl (C=O) groups excluding carboxylic acids is 1. The molecule has 0 aromatic rings. The van der Waals surface area contributed by atoms with Gasteiger partial charge in [-0.15, -0.1) is 11.8 Å². The van der Waals surface area contributed by atoms with Crippen molar-refractivity contribution in [3.63, 3.8) is 0 Å². The highest BCUT2D eigenvalue weighted by Crippen LogP contribution is 2.52. The van der Waals surface area contributed by atoms with Gasteiger partial charge < -0.3 is 4.74 Å². The van der Waals surface area contributed by atoms with E-state index in [9.17, 15) is 4.79 Å². The van der Waals surface area contributed by atoms with E-state index in [1.165, 1.54) is 12.8 Å². The molecule has 0 aromatic heterocycles. The molecule has 2 aliphatic carbocycles. The molecule has 0 aromatic carbocycles. The molecular weight excluding hydrogens is 305 g/mol. The van der Waals surface area contributed by atoms with Crippen LogP contribution in [0.1, 0.15) is 25.7 Å². The lowest BCUT2D eigenvalue weighted by molar-refractivity contribution is 0.145. The van der Waals surface area contributed by atoms with Gasteiger partial charge in [-0.1, -0.05) is 0 Å². The monoisotopic (exact) mass is 319 g/mol. The summed E-state index contributed by atoms with van der Waals surface area (Å²) in [6.07, 6.45) is 4.05. The molecule has 3 nitrogen and oxygen atoms in total. The Morgan fingerprint density at radius 2 is 1.93 bits per heavy atom. The molecule has 0 spiro atoms. The Kier molecular flexibility index (Phi) is 3.73. The van der Waals surface area contributed by atoms with Crippen LogP contribution in [0.25, 0.3) is 0 Å².